The minimum absolute atomic E-state index is 0.185. The topological polar surface area (TPSA) is 286 Å². The Morgan fingerprint density at radius 3 is 1.79 bits per heavy atom. The smallest absolute Gasteiger partial charge is 0.326 e. The minimum atomic E-state index is -1.65. The highest BCUT2D eigenvalue weighted by atomic mass is 16.4. The van der Waals surface area contributed by atoms with E-state index < -0.39 is 78.6 Å². The lowest BCUT2D eigenvalue weighted by Crippen LogP contribution is -2.59. The summed E-state index contributed by atoms with van der Waals surface area (Å²) in [6, 6.07) is -6.15. The fraction of sp³-hybridized carbons (Fsp3) is 0.500. The standard InChI is InChI=1S/C18H28N8O8/c1-7(27)14(21)17(32)25-10(4-13(20)29)15(30)24-9(3-12(19)28)16(31)26-11(18(33)34)2-8-5-22-6-23-8/h5-7,9-11,14,27H,2-4,21H2,1H3,(H2,19,28)(H2,20,29)(H,22,23)(H,24,30)(H,25,32)(H,26,31)(H,33,34). The first-order valence-electron chi connectivity index (χ1n) is 9.93. The van der Waals surface area contributed by atoms with Gasteiger partial charge in [0.25, 0.3) is 0 Å². The molecular formula is C18H28N8O8. The van der Waals surface area contributed by atoms with Crippen molar-refractivity contribution in [3.63, 3.8) is 0 Å². The molecule has 34 heavy (non-hydrogen) atoms. The fourth-order valence-corrected chi connectivity index (χ4v) is 2.67. The van der Waals surface area contributed by atoms with Crippen LogP contribution in [0.15, 0.2) is 12.5 Å². The Hall–Kier alpha value is -4.05. The van der Waals surface area contributed by atoms with Crippen LogP contribution in [0.1, 0.15) is 25.5 Å². The molecule has 1 aromatic heterocycles. The maximum Gasteiger partial charge on any atom is 0.326 e. The van der Waals surface area contributed by atoms with Crippen LogP contribution in [0.2, 0.25) is 0 Å². The van der Waals surface area contributed by atoms with Gasteiger partial charge in [-0.1, -0.05) is 0 Å². The van der Waals surface area contributed by atoms with Crippen molar-refractivity contribution in [2.24, 2.45) is 17.2 Å². The zero-order valence-electron chi connectivity index (χ0n) is 18.2. The van der Waals surface area contributed by atoms with Gasteiger partial charge in [-0.25, -0.2) is 9.78 Å². The zero-order chi connectivity index (χ0) is 26.0. The van der Waals surface area contributed by atoms with Gasteiger partial charge in [-0.15, -0.1) is 0 Å². The molecule has 1 aromatic rings. The van der Waals surface area contributed by atoms with Crippen molar-refractivity contribution in [3.05, 3.63) is 18.2 Å². The number of nitrogens with zero attached hydrogens (tertiary/aromatic N) is 1. The fourth-order valence-electron chi connectivity index (χ4n) is 2.67. The van der Waals surface area contributed by atoms with E-state index in [9.17, 15) is 39.0 Å². The average molecular weight is 484 g/mol. The zero-order valence-corrected chi connectivity index (χ0v) is 18.2. The lowest BCUT2D eigenvalue weighted by molar-refractivity contribution is -0.142. The molecule has 16 heteroatoms. The number of carboxylic acid groups (broad SMARTS) is 1. The first kappa shape index (κ1) is 28.0. The number of aliphatic hydroxyl groups excluding tert-OH is 1. The summed E-state index contributed by atoms with van der Waals surface area (Å²) in [6.45, 7) is 1.22. The molecule has 0 aromatic carbocycles. The number of aromatic nitrogens is 2. The highest BCUT2D eigenvalue weighted by molar-refractivity contribution is 5.97. The average Bonchev–Trinajstić information content (AvgIpc) is 3.23. The van der Waals surface area contributed by atoms with Crippen molar-refractivity contribution in [2.45, 2.75) is 56.5 Å². The van der Waals surface area contributed by atoms with E-state index in [2.05, 4.69) is 25.9 Å². The summed E-state index contributed by atoms with van der Waals surface area (Å²) in [5.74, 6) is -6.56. The Morgan fingerprint density at radius 2 is 1.41 bits per heavy atom. The SMILES string of the molecule is CC(O)C(N)C(=O)NC(CC(N)=O)C(=O)NC(CC(N)=O)C(=O)NC(Cc1cnc[nH]1)C(=O)O. The van der Waals surface area contributed by atoms with Crippen molar-refractivity contribution >= 4 is 35.5 Å². The number of carbonyl (C=O) groups excluding carboxylic acids is 5. The molecule has 5 unspecified atom stereocenters. The molecule has 16 nitrogen and oxygen atoms in total. The third kappa shape index (κ3) is 9.21. The van der Waals surface area contributed by atoms with Gasteiger partial charge in [-0.2, -0.15) is 0 Å². The molecular weight excluding hydrogens is 456 g/mol. The number of amides is 5. The number of carbonyl (C=O) groups is 6. The number of aliphatic carboxylic acids is 1. The molecule has 0 bridgehead atoms. The molecule has 188 valence electrons. The van der Waals surface area contributed by atoms with E-state index in [1.807, 2.05) is 0 Å². The van der Waals surface area contributed by atoms with Gasteiger partial charge in [0.1, 0.15) is 24.2 Å². The van der Waals surface area contributed by atoms with E-state index in [0.717, 1.165) is 0 Å². The Labute approximate surface area is 193 Å². The van der Waals surface area contributed by atoms with Crippen molar-refractivity contribution in [2.75, 3.05) is 0 Å². The number of rotatable bonds is 14. The molecule has 1 heterocycles. The minimum Gasteiger partial charge on any atom is -0.480 e. The second kappa shape index (κ2) is 12.9. The first-order valence-corrected chi connectivity index (χ1v) is 9.93. The molecule has 0 saturated carbocycles. The first-order chi connectivity index (χ1) is 15.8. The molecule has 0 aliphatic heterocycles. The molecule has 0 fully saturated rings. The number of nitrogens with one attached hydrogen (secondary N) is 4. The van der Waals surface area contributed by atoms with E-state index in [4.69, 9.17) is 17.2 Å². The lowest BCUT2D eigenvalue weighted by atomic mass is 10.1. The third-order valence-corrected chi connectivity index (χ3v) is 4.49. The summed E-state index contributed by atoms with van der Waals surface area (Å²) < 4.78 is 0. The summed E-state index contributed by atoms with van der Waals surface area (Å²) in [7, 11) is 0. The summed E-state index contributed by atoms with van der Waals surface area (Å²) in [5, 5.41) is 25.3. The number of carboxylic acids is 1. The molecule has 0 radical (unpaired) electrons. The monoisotopic (exact) mass is 484 g/mol. The van der Waals surface area contributed by atoms with Gasteiger partial charge in [-0.3, -0.25) is 24.0 Å². The number of aromatic amines is 1. The number of hydrogen-bond donors (Lipinski definition) is 9. The van der Waals surface area contributed by atoms with Gasteiger partial charge >= 0.3 is 5.97 Å². The van der Waals surface area contributed by atoms with Gasteiger partial charge in [-0.05, 0) is 6.92 Å². The van der Waals surface area contributed by atoms with Crippen LogP contribution in [0.3, 0.4) is 0 Å². The van der Waals surface area contributed by atoms with Crippen molar-refractivity contribution in [1.82, 2.24) is 25.9 Å². The van der Waals surface area contributed by atoms with Crippen LogP contribution in [-0.4, -0.2) is 86.0 Å². The maximum absolute atomic E-state index is 12.7. The van der Waals surface area contributed by atoms with Gasteiger partial charge in [0.05, 0.1) is 25.3 Å². The Kier molecular flexibility index (Phi) is 10.6. The van der Waals surface area contributed by atoms with Gasteiger partial charge < -0.3 is 48.3 Å². The van der Waals surface area contributed by atoms with Gasteiger partial charge in [0, 0.05) is 18.3 Å². The maximum atomic E-state index is 12.7. The Balaban J connectivity index is 3.01. The van der Waals surface area contributed by atoms with Crippen molar-refractivity contribution < 1.29 is 39.0 Å². The van der Waals surface area contributed by atoms with Crippen LogP contribution in [0.5, 0.6) is 0 Å². The lowest BCUT2D eigenvalue weighted by Gasteiger charge is -2.24. The number of aliphatic hydroxyl groups is 1. The number of primary amides is 2. The molecule has 5 atom stereocenters. The van der Waals surface area contributed by atoms with Crippen molar-refractivity contribution in [1.29, 1.82) is 0 Å². The number of imidazole rings is 1. The van der Waals surface area contributed by atoms with E-state index in [1.165, 1.54) is 19.4 Å². The third-order valence-electron chi connectivity index (χ3n) is 4.49. The number of H-pyrrole nitrogens is 1. The largest absolute Gasteiger partial charge is 0.480 e. The molecule has 0 aliphatic rings. The molecule has 0 aliphatic carbocycles. The highest BCUT2D eigenvalue weighted by Crippen LogP contribution is 2.03. The second-order valence-electron chi connectivity index (χ2n) is 7.41. The summed E-state index contributed by atoms with van der Waals surface area (Å²) in [5.41, 5.74) is 16.1. The van der Waals surface area contributed by atoms with Crippen LogP contribution >= 0.6 is 0 Å². The predicted molar refractivity (Wildman–Crippen MR) is 113 cm³/mol. The molecule has 12 N–H and O–H groups in total. The summed E-state index contributed by atoms with van der Waals surface area (Å²) in [4.78, 5) is 78.2. The normalized spacial score (nSPS) is 15.1. The van der Waals surface area contributed by atoms with Gasteiger partial charge in [0.2, 0.25) is 29.5 Å². The van der Waals surface area contributed by atoms with Crippen molar-refractivity contribution in [3.8, 4) is 0 Å². The quantitative estimate of drug-likeness (QED) is 0.121. The number of hydrogen-bond acceptors (Lipinski definition) is 9. The molecule has 5 amide bonds. The second-order valence-corrected chi connectivity index (χ2v) is 7.41. The van der Waals surface area contributed by atoms with E-state index in [0.29, 0.717) is 5.69 Å². The summed E-state index contributed by atoms with van der Waals surface area (Å²) >= 11 is 0. The Morgan fingerprint density at radius 1 is 0.941 bits per heavy atom. The van der Waals surface area contributed by atoms with E-state index in [-0.39, 0.29) is 6.42 Å². The van der Waals surface area contributed by atoms with Gasteiger partial charge in [0.15, 0.2) is 0 Å². The van der Waals surface area contributed by atoms with Crippen LogP contribution in [0, 0.1) is 0 Å². The van der Waals surface area contributed by atoms with E-state index >= 15 is 0 Å². The van der Waals surface area contributed by atoms with Crippen LogP contribution in [0.25, 0.3) is 0 Å². The van der Waals surface area contributed by atoms with Crippen LogP contribution < -0.4 is 33.2 Å². The van der Waals surface area contributed by atoms with Crippen LogP contribution in [-0.2, 0) is 35.2 Å². The number of nitrogens with two attached hydrogens (primary N) is 3. The highest BCUT2D eigenvalue weighted by Gasteiger charge is 2.32. The Bertz CT molecular complexity index is 904. The molecule has 0 spiro atoms. The predicted octanol–water partition coefficient (Wildman–Crippen LogP) is -5.05. The molecule has 0 saturated heterocycles. The van der Waals surface area contributed by atoms with E-state index in [1.54, 1.807) is 0 Å². The van der Waals surface area contributed by atoms with Crippen LogP contribution in [0.4, 0.5) is 0 Å². The molecule has 1 rings (SSSR count). The summed E-state index contributed by atoms with van der Waals surface area (Å²) in [6.07, 6.45) is -0.239.